The maximum Gasteiger partial charge on any atom is 0.319 e. The molecule has 0 saturated carbocycles. The lowest BCUT2D eigenvalue weighted by molar-refractivity contribution is 0.353. The summed E-state index contributed by atoms with van der Waals surface area (Å²) < 4.78 is 10.1. The van der Waals surface area contributed by atoms with Crippen molar-refractivity contribution in [1.29, 1.82) is 0 Å². The van der Waals surface area contributed by atoms with Crippen LogP contribution in [0.5, 0.6) is 11.9 Å². The molecule has 2 heterocycles. The van der Waals surface area contributed by atoms with E-state index in [0.717, 1.165) is 0 Å². The Balaban J connectivity index is 2.49. The molecule has 2 rings (SSSR count). The lowest BCUT2D eigenvalue weighted by Crippen LogP contribution is -1.98. The van der Waals surface area contributed by atoms with Crippen LogP contribution in [-0.4, -0.2) is 34.2 Å². The van der Waals surface area contributed by atoms with Crippen molar-refractivity contribution in [2.75, 3.05) is 14.2 Å². The van der Waals surface area contributed by atoms with Crippen LogP contribution in [0, 0.1) is 0 Å². The second kappa shape index (κ2) is 4.52. The van der Waals surface area contributed by atoms with Crippen molar-refractivity contribution in [3.8, 4) is 23.1 Å². The molecular weight excluding hydrogens is 208 g/mol. The molecule has 0 aromatic carbocycles. The molecule has 82 valence electrons. The van der Waals surface area contributed by atoms with Gasteiger partial charge in [-0.3, -0.25) is 0 Å². The molecule has 0 N–H and O–H groups in total. The molecule has 0 amide bonds. The van der Waals surface area contributed by atoms with Crippen molar-refractivity contribution >= 4 is 0 Å². The summed E-state index contributed by atoms with van der Waals surface area (Å²) in [5, 5.41) is 0. The molecule has 0 radical (unpaired) electrons. The van der Waals surface area contributed by atoms with E-state index in [0.29, 0.717) is 17.1 Å². The van der Waals surface area contributed by atoms with Crippen LogP contribution in [0.4, 0.5) is 0 Å². The average Bonchev–Trinajstić information content (AvgIpc) is 2.39. The highest BCUT2D eigenvalue weighted by molar-refractivity contribution is 5.63. The zero-order valence-electron chi connectivity index (χ0n) is 8.91. The Labute approximate surface area is 92.3 Å². The predicted octanol–water partition coefficient (Wildman–Crippen LogP) is 0.951. The summed E-state index contributed by atoms with van der Waals surface area (Å²) in [7, 11) is 3.03. The van der Waals surface area contributed by atoms with E-state index in [1.807, 2.05) is 0 Å². The first-order valence-corrected chi connectivity index (χ1v) is 4.56. The lowest BCUT2D eigenvalue weighted by atomic mass is 10.2. The Morgan fingerprint density at radius 2 is 2.00 bits per heavy atom. The summed E-state index contributed by atoms with van der Waals surface area (Å²) in [5.74, 6) is 0.422. The van der Waals surface area contributed by atoms with Gasteiger partial charge < -0.3 is 9.47 Å². The largest absolute Gasteiger partial charge is 0.480 e. The van der Waals surface area contributed by atoms with Gasteiger partial charge in [0, 0.05) is 12.4 Å². The van der Waals surface area contributed by atoms with Gasteiger partial charge in [0.2, 0.25) is 5.88 Å². The Morgan fingerprint density at radius 3 is 2.62 bits per heavy atom. The van der Waals surface area contributed by atoms with Crippen LogP contribution in [0.1, 0.15) is 0 Å². The van der Waals surface area contributed by atoms with Gasteiger partial charge in [-0.05, 0) is 6.07 Å². The van der Waals surface area contributed by atoms with Crippen LogP contribution in [0.15, 0.2) is 24.8 Å². The van der Waals surface area contributed by atoms with Crippen molar-refractivity contribution in [2.45, 2.75) is 0 Å². The minimum atomic E-state index is 0.259. The van der Waals surface area contributed by atoms with Gasteiger partial charge in [0.25, 0.3) is 0 Å². The molecule has 0 saturated heterocycles. The standard InChI is InChI=1S/C10H10N4O2/c1-15-9-7(5-12-10(14-9)16-2)8-3-4-11-6-13-8/h3-6H,1-2H3. The molecule has 0 bridgehead atoms. The van der Waals surface area contributed by atoms with Gasteiger partial charge in [-0.1, -0.05) is 0 Å². The summed E-state index contributed by atoms with van der Waals surface area (Å²) in [6.07, 6.45) is 4.71. The number of methoxy groups -OCH3 is 2. The van der Waals surface area contributed by atoms with Crippen LogP contribution in [0.25, 0.3) is 11.3 Å². The molecule has 0 aliphatic rings. The molecule has 2 aromatic heterocycles. The number of hydrogen-bond donors (Lipinski definition) is 0. The quantitative estimate of drug-likeness (QED) is 0.763. The van der Waals surface area contributed by atoms with Gasteiger partial charge in [-0.25, -0.2) is 15.0 Å². The van der Waals surface area contributed by atoms with Gasteiger partial charge in [0.1, 0.15) is 6.33 Å². The van der Waals surface area contributed by atoms with E-state index in [1.165, 1.54) is 20.5 Å². The van der Waals surface area contributed by atoms with Gasteiger partial charge in [-0.15, -0.1) is 0 Å². The fourth-order valence-electron chi connectivity index (χ4n) is 1.23. The number of rotatable bonds is 3. The molecule has 6 nitrogen and oxygen atoms in total. The zero-order chi connectivity index (χ0) is 11.4. The molecular formula is C10H10N4O2. The molecule has 0 aliphatic heterocycles. The smallest absolute Gasteiger partial charge is 0.319 e. The first kappa shape index (κ1) is 10.3. The second-order valence-corrected chi connectivity index (χ2v) is 2.87. The van der Waals surface area contributed by atoms with Crippen molar-refractivity contribution in [3.63, 3.8) is 0 Å². The van der Waals surface area contributed by atoms with E-state index in [1.54, 1.807) is 18.5 Å². The van der Waals surface area contributed by atoms with Crippen LogP contribution in [-0.2, 0) is 0 Å². The lowest BCUT2D eigenvalue weighted by Gasteiger charge is -2.06. The molecule has 16 heavy (non-hydrogen) atoms. The Kier molecular flexibility index (Phi) is 2.90. The van der Waals surface area contributed by atoms with Crippen molar-refractivity contribution < 1.29 is 9.47 Å². The molecule has 0 aliphatic carbocycles. The minimum Gasteiger partial charge on any atom is -0.480 e. The predicted molar refractivity (Wildman–Crippen MR) is 56.2 cm³/mol. The topological polar surface area (TPSA) is 70.0 Å². The van der Waals surface area contributed by atoms with Crippen LogP contribution in [0.2, 0.25) is 0 Å². The highest BCUT2D eigenvalue weighted by atomic mass is 16.5. The van der Waals surface area contributed by atoms with E-state index in [2.05, 4.69) is 19.9 Å². The SMILES string of the molecule is COc1ncc(-c2ccncn2)c(OC)n1. The number of hydrogen-bond acceptors (Lipinski definition) is 6. The van der Waals surface area contributed by atoms with Crippen molar-refractivity contribution in [1.82, 2.24) is 19.9 Å². The van der Waals surface area contributed by atoms with Crippen molar-refractivity contribution in [2.24, 2.45) is 0 Å². The van der Waals surface area contributed by atoms with Gasteiger partial charge >= 0.3 is 6.01 Å². The zero-order valence-corrected chi connectivity index (χ0v) is 8.91. The average molecular weight is 218 g/mol. The van der Waals surface area contributed by atoms with E-state index in [4.69, 9.17) is 9.47 Å². The molecule has 0 atom stereocenters. The fourth-order valence-corrected chi connectivity index (χ4v) is 1.23. The normalized spacial score (nSPS) is 9.88. The Hall–Kier alpha value is -2.24. The first-order chi connectivity index (χ1) is 7.85. The van der Waals surface area contributed by atoms with Crippen LogP contribution >= 0.6 is 0 Å². The van der Waals surface area contributed by atoms with Crippen LogP contribution < -0.4 is 9.47 Å². The second-order valence-electron chi connectivity index (χ2n) is 2.87. The minimum absolute atomic E-state index is 0.259. The summed E-state index contributed by atoms with van der Waals surface area (Å²) in [6.45, 7) is 0. The highest BCUT2D eigenvalue weighted by Gasteiger charge is 2.10. The van der Waals surface area contributed by atoms with Gasteiger partial charge in [-0.2, -0.15) is 4.98 Å². The number of nitrogens with zero attached hydrogens (tertiary/aromatic N) is 4. The monoisotopic (exact) mass is 218 g/mol. The summed E-state index contributed by atoms with van der Waals surface area (Å²) in [5.41, 5.74) is 1.40. The molecule has 0 fully saturated rings. The van der Waals surface area contributed by atoms with Crippen molar-refractivity contribution in [3.05, 3.63) is 24.8 Å². The Morgan fingerprint density at radius 1 is 1.12 bits per heavy atom. The number of ether oxygens (including phenoxy) is 2. The highest BCUT2D eigenvalue weighted by Crippen LogP contribution is 2.26. The molecule has 0 unspecified atom stereocenters. The van der Waals surface area contributed by atoms with E-state index < -0.39 is 0 Å². The summed E-state index contributed by atoms with van der Waals surface area (Å²) in [4.78, 5) is 16.0. The van der Waals surface area contributed by atoms with E-state index in [9.17, 15) is 0 Å². The summed E-state index contributed by atoms with van der Waals surface area (Å²) >= 11 is 0. The molecule has 6 heteroatoms. The number of aromatic nitrogens is 4. The van der Waals surface area contributed by atoms with Crippen LogP contribution in [0.3, 0.4) is 0 Å². The molecule has 2 aromatic rings. The van der Waals surface area contributed by atoms with E-state index >= 15 is 0 Å². The first-order valence-electron chi connectivity index (χ1n) is 4.56. The maximum absolute atomic E-state index is 5.15. The molecule has 0 spiro atoms. The Bertz CT molecular complexity index is 476. The maximum atomic E-state index is 5.15. The third-order valence-corrected chi connectivity index (χ3v) is 1.97. The van der Waals surface area contributed by atoms with E-state index in [-0.39, 0.29) is 6.01 Å². The van der Waals surface area contributed by atoms with Gasteiger partial charge in [0.15, 0.2) is 0 Å². The fraction of sp³-hybridized carbons (Fsp3) is 0.200. The van der Waals surface area contributed by atoms with Gasteiger partial charge in [0.05, 0.1) is 25.5 Å². The summed E-state index contributed by atoms with van der Waals surface area (Å²) in [6, 6.07) is 2.02. The third kappa shape index (κ3) is 1.90. The third-order valence-electron chi connectivity index (χ3n) is 1.97.